The number of nitrogens with zero attached hydrogens (tertiary/aromatic N) is 2. The minimum Gasteiger partial charge on any atom is -0.421 e. The van der Waals surface area contributed by atoms with Crippen LogP contribution in [-0.4, -0.2) is 42.1 Å². The van der Waals surface area contributed by atoms with Gasteiger partial charge in [0.05, 0.1) is 11.5 Å². The Morgan fingerprint density at radius 1 is 1.27 bits per heavy atom. The van der Waals surface area contributed by atoms with Gasteiger partial charge in [-0.25, -0.2) is 8.42 Å². The second-order valence-electron chi connectivity index (χ2n) is 5.28. The Labute approximate surface area is 127 Å². The van der Waals surface area contributed by atoms with Crippen molar-refractivity contribution >= 4 is 15.7 Å². The van der Waals surface area contributed by atoms with Crippen molar-refractivity contribution in [2.24, 2.45) is 0 Å². The molecular formula is C14H15N3O4S. The summed E-state index contributed by atoms with van der Waals surface area (Å²) in [5.41, 5.74) is 1.19. The first-order valence-corrected chi connectivity index (χ1v) is 8.67. The molecule has 1 N–H and O–H groups in total. The molecule has 3 rings (SSSR count). The minimum atomic E-state index is -3.01. The van der Waals surface area contributed by atoms with E-state index in [1.54, 1.807) is 31.2 Å². The SMILES string of the molecule is Cc1nnc(-c2ccc(C(=O)NC3CCS(=O)(=O)C3)cc2)o1. The molecule has 1 saturated heterocycles. The van der Waals surface area contributed by atoms with Crippen LogP contribution in [0.4, 0.5) is 0 Å². The lowest BCUT2D eigenvalue weighted by Gasteiger charge is -2.10. The Bertz CT molecular complexity index is 796. The first-order valence-electron chi connectivity index (χ1n) is 6.85. The van der Waals surface area contributed by atoms with Crippen molar-refractivity contribution in [3.8, 4) is 11.5 Å². The number of hydrogen-bond acceptors (Lipinski definition) is 6. The highest BCUT2D eigenvalue weighted by atomic mass is 32.2. The third kappa shape index (κ3) is 3.16. The average Bonchev–Trinajstić information content (AvgIpc) is 3.05. The van der Waals surface area contributed by atoms with Crippen molar-refractivity contribution in [2.75, 3.05) is 11.5 Å². The third-order valence-electron chi connectivity index (χ3n) is 3.49. The van der Waals surface area contributed by atoms with Crippen LogP contribution in [0.15, 0.2) is 28.7 Å². The molecule has 1 aromatic heterocycles. The molecule has 2 heterocycles. The van der Waals surface area contributed by atoms with Crippen LogP contribution in [0.3, 0.4) is 0 Å². The zero-order valence-electron chi connectivity index (χ0n) is 11.9. The lowest BCUT2D eigenvalue weighted by atomic mass is 10.1. The standard InChI is InChI=1S/C14H15N3O4S/c1-9-16-17-14(21-9)11-4-2-10(3-5-11)13(18)15-12-6-7-22(19,20)8-12/h2-5,12H,6-8H2,1H3,(H,15,18). The predicted octanol–water partition coefficient (Wildman–Crippen LogP) is 0.962. The molecule has 22 heavy (non-hydrogen) atoms. The maximum Gasteiger partial charge on any atom is 0.251 e. The number of carbonyl (C=O) groups excluding carboxylic acids is 1. The first kappa shape index (κ1) is 14.7. The molecule has 1 atom stereocenters. The molecule has 1 fully saturated rings. The Balaban J connectivity index is 1.69. The van der Waals surface area contributed by atoms with Crippen molar-refractivity contribution in [3.63, 3.8) is 0 Å². The summed E-state index contributed by atoms with van der Waals surface area (Å²) in [7, 11) is -3.01. The van der Waals surface area contributed by atoms with Gasteiger partial charge in [-0.15, -0.1) is 10.2 Å². The van der Waals surface area contributed by atoms with Gasteiger partial charge >= 0.3 is 0 Å². The summed E-state index contributed by atoms with van der Waals surface area (Å²) in [6.07, 6.45) is 0.466. The Morgan fingerprint density at radius 3 is 2.55 bits per heavy atom. The summed E-state index contributed by atoms with van der Waals surface area (Å²) in [6, 6.07) is 6.41. The molecule has 1 aliphatic rings. The highest BCUT2D eigenvalue weighted by molar-refractivity contribution is 7.91. The summed E-state index contributed by atoms with van der Waals surface area (Å²) >= 11 is 0. The Morgan fingerprint density at radius 2 is 2.00 bits per heavy atom. The number of sulfone groups is 1. The number of carbonyl (C=O) groups is 1. The quantitative estimate of drug-likeness (QED) is 0.903. The van der Waals surface area contributed by atoms with E-state index in [1.165, 1.54) is 0 Å². The highest BCUT2D eigenvalue weighted by Crippen LogP contribution is 2.18. The maximum absolute atomic E-state index is 12.1. The summed E-state index contributed by atoms with van der Waals surface area (Å²) in [5.74, 6) is 0.729. The second kappa shape index (κ2) is 5.53. The zero-order chi connectivity index (χ0) is 15.7. The van der Waals surface area contributed by atoms with Crippen LogP contribution in [0.2, 0.25) is 0 Å². The average molecular weight is 321 g/mol. The number of benzene rings is 1. The fourth-order valence-corrected chi connectivity index (χ4v) is 4.03. The minimum absolute atomic E-state index is 0.0120. The van der Waals surface area contributed by atoms with Gasteiger partial charge in [0.25, 0.3) is 5.91 Å². The summed E-state index contributed by atoms with van der Waals surface area (Å²) in [5, 5.41) is 10.4. The van der Waals surface area contributed by atoms with Gasteiger partial charge in [-0.05, 0) is 30.7 Å². The fraction of sp³-hybridized carbons (Fsp3) is 0.357. The smallest absolute Gasteiger partial charge is 0.251 e. The van der Waals surface area contributed by atoms with Gasteiger partial charge in [-0.2, -0.15) is 0 Å². The second-order valence-corrected chi connectivity index (χ2v) is 7.51. The van der Waals surface area contributed by atoms with E-state index in [0.717, 1.165) is 5.56 Å². The third-order valence-corrected chi connectivity index (χ3v) is 5.26. The number of aryl methyl sites for hydroxylation is 1. The molecule has 0 spiro atoms. The molecule has 1 amide bonds. The van der Waals surface area contributed by atoms with E-state index in [9.17, 15) is 13.2 Å². The van der Waals surface area contributed by atoms with Gasteiger partial charge < -0.3 is 9.73 Å². The molecule has 7 nitrogen and oxygen atoms in total. The molecule has 1 aliphatic heterocycles. The van der Waals surface area contributed by atoms with Crippen LogP contribution in [0, 0.1) is 6.92 Å². The molecule has 8 heteroatoms. The van der Waals surface area contributed by atoms with Gasteiger partial charge in [0.2, 0.25) is 11.8 Å². The highest BCUT2D eigenvalue weighted by Gasteiger charge is 2.29. The molecule has 1 unspecified atom stereocenters. The number of hydrogen-bond donors (Lipinski definition) is 1. The van der Waals surface area contributed by atoms with Gasteiger partial charge in [-0.1, -0.05) is 0 Å². The van der Waals surface area contributed by atoms with Crippen molar-refractivity contribution in [3.05, 3.63) is 35.7 Å². The van der Waals surface area contributed by atoms with Crippen LogP contribution in [0.5, 0.6) is 0 Å². The first-order chi connectivity index (χ1) is 10.4. The lowest BCUT2D eigenvalue weighted by molar-refractivity contribution is 0.0941. The van der Waals surface area contributed by atoms with Gasteiger partial charge in [0.1, 0.15) is 0 Å². The number of amides is 1. The van der Waals surface area contributed by atoms with Gasteiger partial charge in [0, 0.05) is 24.1 Å². The van der Waals surface area contributed by atoms with Crippen LogP contribution in [-0.2, 0) is 9.84 Å². The molecule has 1 aromatic carbocycles. The number of aromatic nitrogens is 2. The van der Waals surface area contributed by atoms with E-state index in [1.807, 2.05) is 0 Å². The zero-order valence-corrected chi connectivity index (χ0v) is 12.8. The van der Waals surface area contributed by atoms with Crippen molar-refractivity contribution in [2.45, 2.75) is 19.4 Å². The monoisotopic (exact) mass is 321 g/mol. The van der Waals surface area contributed by atoms with Crippen LogP contribution >= 0.6 is 0 Å². The molecular weight excluding hydrogens is 306 g/mol. The van der Waals surface area contributed by atoms with Crippen molar-refractivity contribution in [1.29, 1.82) is 0 Å². The van der Waals surface area contributed by atoms with Gasteiger partial charge in [-0.3, -0.25) is 4.79 Å². The molecule has 0 aliphatic carbocycles. The largest absolute Gasteiger partial charge is 0.421 e. The molecule has 0 radical (unpaired) electrons. The maximum atomic E-state index is 12.1. The van der Waals surface area contributed by atoms with Crippen LogP contribution < -0.4 is 5.32 Å². The number of nitrogens with one attached hydrogen (secondary N) is 1. The van der Waals surface area contributed by atoms with E-state index in [4.69, 9.17) is 4.42 Å². The van der Waals surface area contributed by atoms with Crippen LogP contribution in [0.25, 0.3) is 11.5 Å². The van der Waals surface area contributed by atoms with E-state index < -0.39 is 9.84 Å². The predicted molar refractivity (Wildman–Crippen MR) is 79.0 cm³/mol. The van der Waals surface area contributed by atoms with E-state index in [0.29, 0.717) is 23.8 Å². The fourth-order valence-electron chi connectivity index (χ4n) is 2.35. The van der Waals surface area contributed by atoms with E-state index >= 15 is 0 Å². The lowest BCUT2D eigenvalue weighted by Crippen LogP contribution is -2.35. The van der Waals surface area contributed by atoms with Crippen molar-refractivity contribution in [1.82, 2.24) is 15.5 Å². The van der Waals surface area contributed by atoms with E-state index in [2.05, 4.69) is 15.5 Å². The molecule has 2 aromatic rings. The normalized spacial score (nSPS) is 20.0. The molecule has 0 saturated carbocycles. The number of rotatable bonds is 3. The van der Waals surface area contributed by atoms with Crippen LogP contribution in [0.1, 0.15) is 22.7 Å². The topological polar surface area (TPSA) is 102 Å². The summed E-state index contributed by atoms with van der Waals surface area (Å²) < 4.78 is 28.1. The van der Waals surface area contributed by atoms with Gasteiger partial charge in [0.15, 0.2) is 9.84 Å². The summed E-state index contributed by atoms with van der Waals surface area (Å²) in [6.45, 7) is 1.70. The molecule has 0 bridgehead atoms. The Hall–Kier alpha value is -2.22. The van der Waals surface area contributed by atoms with Crippen molar-refractivity contribution < 1.29 is 17.6 Å². The van der Waals surface area contributed by atoms with E-state index in [-0.39, 0.29) is 23.5 Å². The Kier molecular flexibility index (Phi) is 3.69. The summed E-state index contributed by atoms with van der Waals surface area (Å²) in [4.78, 5) is 12.1. The molecule has 116 valence electrons.